The van der Waals surface area contributed by atoms with Gasteiger partial charge < -0.3 is 4.90 Å². The number of carbonyl (C=O) groups excluding carboxylic acids is 1. The molecule has 0 unspecified atom stereocenters. The van der Waals surface area contributed by atoms with Gasteiger partial charge in [-0.05, 0) is 24.3 Å². The Balaban J connectivity index is 1.63. The molecule has 4 rings (SSSR count). The van der Waals surface area contributed by atoms with E-state index in [1.54, 1.807) is 41.4 Å². The Kier molecular flexibility index (Phi) is 4.83. The van der Waals surface area contributed by atoms with E-state index in [-0.39, 0.29) is 5.91 Å². The summed E-state index contributed by atoms with van der Waals surface area (Å²) in [6, 6.07) is 10.5. The van der Waals surface area contributed by atoms with Crippen molar-refractivity contribution in [2.24, 2.45) is 0 Å². The van der Waals surface area contributed by atoms with E-state index in [9.17, 15) is 18.0 Å². The lowest BCUT2D eigenvalue weighted by Gasteiger charge is -2.16. The minimum atomic E-state index is -4.43. The van der Waals surface area contributed by atoms with Crippen LogP contribution in [0.25, 0.3) is 16.2 Å². The number of pyridine rings is 1. The van der Waals surface area contributed by atoms with Crippen LogP contribution >= 0.6 is 11.3 Å². The Bertz CT molecular complexity index is 1170. The molecule has 0 saturated carbocycles. The summed E-state index contributed by atoms with van der Waals surface area (Å²) in [4.78, 5) is 23.5. The Morgan fingerprint density at radius 1 is 1.21 bits per heavy atom. The number of hydrogen-bond donors (Lipinski definition) is 0. The molecular formula is C20H15F3N4OS. The van der Waals surface area contributed by atoms with Crippen LogP contribution < -0.4 is 0 Å². The second-order valence-corrected chi connectivity index (χ2v) is 7.30. The van der Waals surface area contributed by atoms with Crippen LogP contribution in [-0.4, -0.2) is 32.2 Å². The van der Waals surface area contributed by atoms with Crippen molar-refractivity contribution in [2.45, 2.75) is 12.7 Å². The van der Waals surface area contributed by atoms with E-state index in [0.717, 1.165) is 17.8 Å². The number of rotatable bonds is 4. The van der Waals surface area contributed by atoms with E-state index < -0.39 is 11.7 Å². The summed E-state index contributed by atoms with van der Waals surface area (Å²) in [6.07, 6.45) is -1.18. The van der Waals surface area contributed by atoms with Crippen LogP contribution in [0, 0.1) is 0 Å². The van der Waals surface area contributed by atoms with Gasteiger partial charge in [0.05, 0.1) is 23.5 Å². The zero-order chi connectivity index (χ0) is 20.6. The maximum absolute atomic E-state index is 13.0. The third kappa shape index (κ3) is 3.86. The van der Waals surface area contributed by atoms with Crippen LogP contribution in [0.5, 0.6) is 0 Å². The highest BCUT2D eigenvalue weighted by molar-refractivity contribution is 7.15. The van der Waals surface area contributed by atoms with Crippen molar-refractivity contribution in [2.75, 3.05) is 7.05 Å². The third-order valence-electron chi connectivity index (χ3n) is 4.39. The van der Waals surface area contributed by atoms with E-state index in [4.69, 9.17) is 0 Å². The summed E-state index contributed by atoms with van der Waals surface area (Å²) in [5, 5.41) is 1.69. The Labute approximate surface area is 168 Å². The van der Waals surface area contributed by atoms with Crippen LogP contribution in [0.3, 0.4) is 0 Å². The molecule has 0 aliphatic heterocycles. The largest absolute Gasteiger partial charge is 0.416 e. The van der Waals surface area contributed by atoms with Crippen molar-refractivity contribution in [3.63, 3.8) is 0 Å². The molecule has 0 spiro atoms. The van der Waals surface area contributed by atoms with Gasteiger partial charge in [-0.2, -0.15) is 13.2 Å². The number of alkyl halides is 3. The summed E-state index contributed by atoms with van der Waals surface area (Å²) in [6.45, 7) is 0.339. The minimum absolute atomic E-state index is 0.227. The molecule has 1 amide bonds. The first-order valence-corrected chi connectivity index (χ1v) is 9.50. The molecule has 0 N–H and O–H groups in total. The lowest BCUT2D eigenvalue weighted by atomic mass is 10.1. The standard InChI is InChI=1S/C20H15F3N4OS/c1-26(10-15-7-2-3-8-24-15)18(28)17-12-29-19-25-16(11-27(17)19)13-5-4-6-14(9-13)20(21,22)23/h2-9,11-12H,10H2,1H3. The highest BCUT2D eigenvalue weighted by atomic mass is 32.1. The molecule has 0 saturated heterocycles. The lowest BCUT2D eigenvalue weighted by molar-refractivity contribution is -0.137. The lowest BCUT2D eigenvalue weighted by Crippen LogP contribution is -2.27. The first kappa shape index (κ1) is 19.1. The molecule has 0 bridgehead atoms. The highest BCUT2D eigenvalue weighted by Gasteiger charge is 2.30. The van der Waals surface area contributed by atoms with Gasteiger partial charge in [-0.3, -0.25) is 14.2 Å². The fraction of sp³-hybridized carbons (Fsp3) is 0.150. The summed E-state index contributed by atoms with van der Waals surface area (Å²) < 4.78 is 40.6. The average molecular weight is 416 g/mol. The predicted molar refractivity (Wildman–Crippen MR) is 104 cm³/mol. The molecule has 0 fully saturated rings. The van der Waals surface area contributed by atoms with Crippen molar-refractivity contribution in [1.29, 1.82) is 0 Å². The minimum Gasteiger partial charge on any atom is -0.334 e. The van der Waals surface area contributed by atoms with Crippen LogP contribution in [0.1, 0.15) is 21.7 Å². The molecule has 0 aliphatic carbocycles. The Morgan fingerprint density at radius 2 is 2.03 bits per heavy atom. The molecule has 0 atom stereocenters. The fourth-order valence-corrected chi connectivity index (χ4v) is 3.78. The van der Waals surface area contributed by atoms with Crippen molar-refractivity contribution < 1.29 is 18.0 Å². The monoisotopic (exact) mass is 416 g/mol. The van der Waals surface area contributed by atoms with Crippen molar-refractivity contribution in [3.8, 4) is 11.3 Å². The summed E-state index contributed by atoms with van der Waals surface area (Å²) in [5.74, 6) is -0.227. The molecule has 9 heteroatoms. The Morgan fingerprint density at radius 3 is 2.76 bits per heavy atom. The topological polar surface area (TPSA) is 50.5 Å². The number of carbonyl (C=O) groups is 1. The van der Waals surface area contributed by atoms with Gasteiger partial charge in [0, 0.05) is 30.4 Å². The molecule has 0 radical (unpaired) electrons. The number of amides is 1. The summed E-state index contributed by atoms with van der Waals surface area (Å²) in [7, 11) is 1.67. The van der Waals surface area contributed by atoms with E-state index in [1.807, 2.05) is 12.1 Å². The zero-order valence-corrected chi connectivity index (χ0v) is 16.0. The Hall–Kier alpha value is -3.20. The van der Waals surface area contributed by atoms with Crippen LogP contribution in [0.2, 0.25) is 0 Å². The smallest absolute Gasteiger partial charge is 0.334 e. The molecule has 4 aromatic rings. The molecule has 0 aliphatic rings. The first-order valence-electron chi connectivity index (χ1n) is 8.62. The molecule has 1 aromatic carbocycles. The van der Waals surface area contributed by atoms with Crippen molar-refractivity contribution >= 4 is 22.2 Å². The second kappa shape index (κ2) is 7.32. The molecule has 5 nitrogen and oxygen atoms in total. The number of thiazole rings is 1. The van der Waals surface area contributed by atoms with Crippen LogP contribution in [0.4, 0.5) is 13.2 Å². The van der Waals surface area contributed by atoms with Gasteiger partial charge in [-0.25, -0.2) is 4.98 Å². The van der Waals surface area contributed by atoms with E-state index in [0.29, 0.717) is 28.5 Å². The maximum atomic E-state index is 13.0. The van der Waals surface area contributed by atoms with E-state index in [2.05, 4.69) is 9.97 Å². The fourth-order valence-electron chi connectivity index (χ4n) is 2.93. The number of fused-ring (bicyclic) bond motifs is 1. The van der Waals surface area contributed by atoms with Gasteiger partial charge in [0.1, 0.15) is 5.69 Å². The number of halogens is 3. The molecular weight excluding hydrogens is 401 g/mol. The number of benzene rings is 1. The third-order valence-corrected chi connectivity index (χ3v) is 5.23. The predicted octanol–water partition coefficient (Wildman–Crippen LogP) is 4.75. The molecule has 3 aromatic heterocycles. The van der Waals surface area contributed by atoms with E-state index in [1.165, 1.54) is 22.3 Å². The molecule has 29 heavy (non-hydrogen) atoms. The first-order chi connectivity index (χ1) is 13.8. The van der Waals surface area contributed by atoms with Crippen molar-refractivity contribution in [1.82, 2.24) is 19.3 Å². The van der Waals surface area contributed by atoms with Crippen LogP contribution in [0.15, 0.2) is 60.2 Å². The number of hydrogen-bond acceptors (Lipinski definition) is 4. The molecule has 3 heterocycles. The highest BCUT2D eigenvalue weighted by Crippen LogP contribution is 2.32. The van der Waals surface area contributed by atoms with Gasteiger partial charge in [0.25, 0.3) is 5.91 Å². The second-order valence-electron chi connectivity index (χ2n) is 6.46. The van der Waals surface area contributed by atoms with Crippen LogP contribution in [-0.2, 0) is 12.7 Å². The number of imidazole rings is 1. The normalized spacial score (nSPS) is 11.7. The number of aromatic nitrogens is 3. The van der Waals surface area contributed by atoms with Gasteiger partial charge in [0.15, 0.2) is 4.96 Å². The van der Waals surface area contributed by atoms with Gasteiger partial charge in [-0.1, -0.05) is 18.2 Å². The van der Waals surface area contributed by atoms with Gasteiger partial charge >= 0.3 is 6.18 Å². The van der Waals surface area contributed by atoms with Crippen molar-refractivity contribution in [3.05, 3.63) is 77.2 Å². The average Bonchev–Trinajstić information content (AvgIpc) is 3.28. The quantitative estimate of drug-likeness (QED) is 0.483. The maximum Gasteiger partial charge on any atom is 0.416 e. The number of nitrogens with zero attached hydrogens (tertiary/aromatic N) is 4. The van der Waals surface area contributed by atoms with E-state index >= 15 is 0 Å². The summed E-state index contributed by atoms with van der Waals surface area (Å²) >= 11 is 1.26. The van der Waals surface area contributed by atoms with Gasteiger partial charge in [-0.15, -0.1) is 11.3 Å². The van der Waals surface area contributed by atoms with Gasteiger partial charge in [0.2, 0.25) is 0 Å². The SMILES string of the molecule is CN(Cc1ccccn1)C(=O)c1csc2nc(-c3cccc(C(F)(F)F)c3)cn12. The molecule has 148 valence electrons. The zero-order valence-electron chi connectivity index (χ0n) is 15.2. The summed E-state index contributed by atoms with van der Waals surface area (Å²) in [5.41, 5.74) is 1.14.